The van der Waals surface area contributed by atoms with Gasteiger partial charge in [0.25, 0.3) is 0 Å². The second-order valence-electron chi connectivity index (χ2n) is 4.23. The summed E-state index contributed by atoms with van der Waals surface area (Å²) >= 11 is 0. The van der Waals surface area contributed by atoms with Gasteiger partial charge in [0.2, 0.25) is 0 Å². The Kier molecular flexibility index (Phi) is 4.11. The van der Waals surface area contributed by atoms with Gasteiger partial charge in [-0.05, 0) is 12.1 Å². The standard InChI is InChI=1S/C12H17N3O3/c16-9-8-14-4-6-15(7-5-14)11-10(12(17)18)2-1-3-13-11/h1-3,16H,4-9H2,(H,17,18). The number of carboxylic acid groups (broad SMARTS) is 1. The third kappa shape index (κ3) is 2.77. The van der Waals surface area contributed by atoms with E-state index in [0.29, 0.717) is 12.4 Å². The Morgan fingerprint density at radius 3 is 2.67 bits per heavy atom. The Bertz CT molecular complexity index is 417. The van der Waals surface area contributed by atoms with E-state index in [0.717, 1.165) is 26.2 Å². The normalized spacial score (nSPS) is 16.8. The lowest BCUT2D eigenvalue weighted by molar-refractivity contribution is 0.0697. The predicted molar refractivity (Wildman–Crippen MR) is 66.9 cm³/mol. The van der Waals surface area contributed by atoms with Crippen LogP contribution in [0, 0.1) is 0 Å². The Labute approximate surface area is 105 Å². The quantitative estimate of drug-likeness (QED) is 0.778. The number of piperazine rings is 1. The molecule has 0 aromatic carbocycles. The molecule has 1 aromatic rings. The number of β-amino-alcohol motifs (C(OH)–C–C–N with tert-alkyl or cyclic N) is 1. The van der Waals surface area contributed by atoms with Crippen molar-refractivity contribution in [3.63, 3.8) is 0 Å². The van der Waals surface area contributed by atoms with Crippen molar-refractivity contribution < 1.29 is 15.0 Å². The molecule has 0 bridgehead atoms. The number of hydrogen-bond acceptors (Lipinski definition) is 5. The van der Waals surface area contributed by atoms with Gasteiger partial charge in [0.05, 0.1) is 6.61 Å². The molecule has 1 saturated heterocycles. The molecule has 98 valence electrons. The second kappa shape index (κ2) is 5.79. The number of carboxylic acids is 1. The fraction of sp³-hybridized carbons (Fsp3) is 0.500. The number of rotatable bonds is 4. The van der Waals surface area contributed by atoms with Crippen LogP contribution >= 0.6 is 0 Å². The van der Waals surface area contributed by atoms with Crippen molar-refractivity contribution in [1.29, 1.82) is 0 Å². The van der Waals surface area contributed by atoms with E-state index in [1.807, 2.05) is 4.90 Å². The topological polar surface area (TPSA) is 76.9 Å². The maximum absolute atomic E-state index is 11.1. The largest absolute Gasteiger partial charge is 0.478 e. The van der Waals surface area contributed by atoms with Gasteiger partial charge in [-0.25, -0.2) is 9.78 Å². The number of aromatic nitrogens is 1. The molecule has 6 nitrogen and oxygen atoms in total. The number of anilines is 1. The molecule has 0 unspecified atom stereocenters. The van der Waals surface area contributed by atoms with E-state index in [2.05, 4.69) is 9.88 Å². The molecule has 0 atom stereocenters. The van der Waals surface area contributed by atoms with Gasteiger partial charge in [0, 0.05) is 38.9 Å². The van der Waals surface area contributed by atoms with Crippen molar-refractivity contribution in [1.82, 2.24) is 9.88 Å². The summed E-state index contributed by atoms with van der Waals surface area (Å²) in [6.07, 6.45) is 1.61. The van der Waals surface area contributed by atoms with E-state index in [4.69, 9.17) is 10.2 Å². The maximum Gasteiger partial charge on any atom is 0.339 e. The van der Waals surface area contributed by atoms with Gasteiger partial charge in [-0.15, -0.1) is 0 Å². The monoisotopic (exact) mass is 251 g/mol. The molecule has 1 fully saturated rings. The van der Waals surface area contributed by atoms with Gasteiger partial charge in [0.15, 0.2) is 0 Å². The first-order valence-electron chi connectivity index (χ1n) is 5.99. The molecule has 1 aliphatic rings. The summed E-state index contributed by atoms with van der Waals surface area (Å²) in [6.45, 7) is 3.92. The SMILES string of the molecule is O=C(O)c1cccnc1N1CCN(CCO)CC1. The summed E-state index contributed by atoms with van der Waals surface area (Å²) in [5.74, 6) is -0.412. The molecule has 2 heterocycles. The van der Waals surface area contributed by atoms with Crippen molar-refractivity contribution in [3.05, 3.63) is 23.9 Å². The number of nitrogens with zero attached hydrogens (tertiary/aromatic N) is 3. The van der Waals surface area contributed by atoms with Gasteiger partial charge in [0.1, 0.15) is 11.4 Å². The molecule has 0 saturated carbocycles. The zero-order valence-corrected chi connectivity index (χ0v) is 10.1. The van der Waals surface area contributed by atoms with Crippen LogP contribution in [0.3, 0.4) is 0 Å². The lowest BCUT2D eigenvalue weighted by Crippen LogP contribution is -2.47. The number of hydrogen-bond donors (Lipinski definition) is 2. The van der Waals surface area contributed by atoms with E-state index in [1.165, 1.54) is 0 Å². The highest BCUT2D eigenvalue weighted by atomic mass is 16.4. The fourth-order valence-corrected chi connectivity index (χ4v) is 2.14. The van der Waals surface area contributed by atoms with Crippen LogP contribution in [0.25, 0.3) is 0 Å². The zero-order valence-electron chi connectivity index (χ0n) is 10.1. The number of aliphatic hydroxyl groups is 1. The highest BCUT2D eigenvalue weighted by molar-refractivity contribution is 5.93. The summed E-state index contributed by atoms with van der Waals surface area (Å²) in [7, 11) is 0. The van der Waals surface area contributed by atoms with Crippen molar-refractivity contribution in [2.75, 3.05) is 44.2 Å². The van der Waals surface area contributed by atoms with Crippen LogP contribution in [-0.4, -0.2) is 65.4 Å². The predicted octanol–water partition coefficient (Wildman–Crippen LogP) is -0.106. The molecule has 18 heavy (non-hydrogen) atoms. The van der Waals surface area contributed by atoms with Crippen LogP contribution in [0.4, 0.5) is 5.82 Å². The van der Waals surface area contributed by atoms with Crippen LogP contribution in [0.2, 0.25) is 0 Å². The lowest BCUT2D eigenvalue weighted by Gasteiger charge is -2.35. The van der Waals surface area contributed by atoms with Crippen molar-refractivity contribution in [2.24, 2.45) is 0 Å². The van der Waals surface area contributed by atoms with Crippen molar-refractivity contribution in [2.45, 2.75) is 0 Å². The number of pyridine rings is 1. The van der Waals surface area contributed by atoms with Crippen molar-refractivity contribution >= 4 is 11.8 Å². The lowest BCUT2D eigenvalue weighted by atomic mass is 10.2. The third-order valence-corrected chi connectivity index (χ3v) is 3.11. The minimum absolute atomic E-state index is 0.157. The molecule has 0 spiro atoms. The maximum atomic E-state index is 11.1. The summed E-state index contributed by atoms with van der Waals surface area (Å²) in [6, 6.07) is 3.21. The van der Waals surface area contributed by atoms with Crippen LogP contribution in [0.1, 0.15) is 10.4 Å². The summed E-state index contributed by atoms with van der Waals surface area (Å²) < 4.78 is 0. The van der Waals surface area contributed by atoms with Crippen LogP contribution in [0.15, 0.2) is 18.3 Å². The van der Waals surface area contributed by atoms with Gasteiger partial charge in [-0.1, -0.05) is 0 Å². The first kappa shape index (κ1) is 12.8. The third-order valence-electron chi connectivity index (χ3n) is 3.11. The van der Waals surface area contributed by atoms with E-state index >= 15 is 0 Å². The molecular formula is C12H17N3O3. The average molecular weight is 251 g/mol. The van der Waals surface area contributed by atoms with Crippen LogP contribution < -0.4 is 4.90 Å². The van der Waals surface area contributed by atoms with Crippen LogP contribution in [-0.2, 0) is 0 Å². The van der Waals surface area contributed by atoms with E-state index in [1.54, 1.807) is 18.3 Å². The Morgan fingerprint density at radius 2 is 2.06 bits per heavy atom. The smallest absolute Gasteiger partial charge is 0.339 e. The molecule has 1 aliphatic heterocycles. The van der Waals surface area contributed by atoms with E-state index in [-0.39, 0.29) is 12.2 Å². The average Bonchev–Trinajstić information content (AvgIpc) is 2.40. The van der Waals surface area contributed by atoms with Crippen molar-refractivity contribution in [3.8, 4) is 0 Å². The number of aromatic carboxylic acids is 1. The van der Waals surface area contributed by atoms with E-state index in [9.17, 15) is 4.79 Å². The number of carbonyl (C=O) groups is 1. The number of aliphatic hydroxyl groups excluding tert-OH is 1. The van der Waals surface area contributed by atoms with Gasteiger partial charge < -0.3 is 15.1 Å². The molecule has 0 aliphatic carbocycles. The molecule has 2 rings (SSSR count). The molecule has 6 heteroatoms. The Hall–Kier alpha value is -1.66. The fourth-order valence-electron chi connectivity index (χ4n) is 2.14. The van der Waals surface area contributed by atoms with Gasteiger partial charge in [-0.3, -0.25) is 4.90 Å². The van der Waals surface area contributed by atoms with Gasteiger partial charge >= 0.3 is 5.97 Å². The van der Waals surface area contributed by atoms with Gasteiger partial charge in [-0.2, -0.15) is 0 Å². The molecule has 0 radical (unpaired) electrons. The minimum Gasteiger partial charge on any atom is -0.478 e. The molecule has 0 amide bonds. The summed E-state index contributed by atoms with van der Waals surface area (Å²) in [5, 5.41) is 18.0. The highest BCUT2D eigenvalue weighted by Gasteiger charge is 2.21. The zero-order chi connectivity index (χ0) is 13.0. The first-order valence-corrected chi connectivity index (χ1v) is 5.99. The summed E-state index contributed by atoms with van der Waals surface area (Å²) in [4.78, 5) is 19.4. The van der Waals surface area contributed by atoms with E-state index < -0.39 is 5.97 Å². The molecule has 1 aromatic heterocycles. The van der Waals surface area contributed by atoms with Crippen LogP contribution in [0.5, 0.6) is 0 Å². The second-order valence-corrected chi connectivity index (χ2v) is 4.23. The molecular weight excluding hydrogens is 234 g/mol. The Morgan fingerprint density at radius 1 is 1.33 bits per heavy atom. The highest BCUT2D eigenvalue weighted by Crippen LogP contribution is 2.18. The first-order chi connectivity index (χ1) is 8.72. The Balaban J connectivity index is 2.07. The summed E-state index contributed by atoms with van der Waals surface area (Å²) in [5.41, 5.74) is 0.244. The minimum atomic E-state index is -0.948. The molecule has 2 N–H and O–H groups in total.